The van der Waals surface area contributed by atoms with Gasteiger partial charge in [0.1, 0.15) is 0 Å². The van der Waals surface area contributed by atoms with Crippen LogP contribution in [0.1, 0.15) is 34.1 Å². The highest BCUT2D eigenvalue weighted by molar-refractivity contribution is 5.77. The number of carbonyl (C=O) groups is 1. The molecule has 0 aromatic heterocycles. The Hall–Kier alpha value is -0.570. The van der Waals surface area contributed by atoms with Crippen LogP contribution in [-0.2, 0) is 9.53 Å². The lowest BCUT2D eigenvalue weighted by atomic mass is 9.91. The van der Waals surface area contributed by atoms with Gasteiger partial charge in [-0.15, -0.1) is 0 Å². The zero-order chi connectivity index (χ0) is 9.35. The fourth-order valence-corrected chi connectivity index (χ4v) is 1.34. The van der Waals surface area contributed by atoms with Gasteiger partial charge < -0.3 is 4.74 Å². The molecule has 3 heteroatoms. The first kappa shape index (κ1) is 9.52. The minimum absolute atomic E-state index is 0.0903. The molecule has 0 radical (unpaired) electrons. The smallest absolute Gasteiger partial charge is 0.313 e. The molecule has 1 saturated heterocycles. The number of rotatable bonds is 2. The maximum Gasteiger partial charge on any atom is 0.313 e. The zero-order valence-electron chi connectivity index (χ0n) is 8.18. The molecule has 0 aliphatic carbocycles. The monoisotopic (exact) mass is 171 g/mol. The number of carbonyl (C=O) groups excluding carboxylic acids is 1. The molecular formula is C9H17NO2. The first-order valence-electron chi connectivity index (χ1n) is 4.39. The van der Waals surface area contributed by atoms with Crippen molar-refractivity contribution < 1.29 is 9.53 Å². The second-order valence-corrected chi connectivity index (χ2v) is 4.30. The van der Waals surface area contributed by atoms with Crippen LogP contribution in [-0.4, -0.2) is 18.2 Å². The summed E-state index contributed by atoms with van der Waals surface area (Å²) in [6, 6.07) is 0.358. The predicted octanol–water partition coefficient (Wildman–Crippen LogP) is 1.28. The molecule has 0 amide bonds. The van der Waals surface area contributed by atoms with Crippen LogP contribution in [0.4, 0.5) is 0 Å². The van der Waals surface area contributed by atoms with Crippen LogP contribution in [0, 0.1) is 5.41 Å². The van der Waals surface area contributed by atoms with E-state index in [2.05, 4.69) is 5.32 Å². The molecular weight excluding hydrogens is 154 g/mol. The van der Waals surface area contributed by atoms with E-state index in [0.29, 0.717) is 6.04 Å². The van der Waals surface area contributed by atoms with Gasteiger partial charge in [0.05, 0.1) is 5.41 Å². The summed E-state index contributed by atoms with van der Waals surface area (Å²) < 4.78 is 5.14. The Morgan fingerprint density at radius 2 is 2.17 bits per heavy atom. The van der Waals surface area contributed by atoms with Gasteiger partial charge in [-0.25, -0.2) is 0 Å². The summed E-state index contributed by atoms with van der Waals surface area (Å²) >= 11 is 0. The summed E-state index contributed by atoms with van der Waals surface area (Å²) in [6.07, 6.45) is 0.678. The molecule has 0 bridgehead atoms. The number of cyclic esters (lactones) is 1. The van der Waals surface area contributed by atoms with E-state index in [1.807, 2.05) is 27.7 Å². The average Bonchev–Trinajstić information content (AvgIpc) is 2.04. The number of hydrogen-bond acceptors (Lipinski definition) is 3. The minimum atomic E-state index is -0.313. The summed E-state index contributed by atoms with van der Waals surface area (Å²) in [5, 5.41) is 3.18. The summed E-state index contributed by atoms with van der Waals surface area (Å²) in [5.41, 5.74) is -0.313. The molecule has 1 aliphatic rings. The SMILES string of the molecule is CC(C)N[C@H]1CC(C)(C)C(=O)O1. The van der Waals surface area contributed by atoms with Crippen molar-refractivity contribution in [3.8, 4) is 0 Å². The molecule has 1 heterocycles. The molecule has 0 spiro atoms. The van der Waals surface area contributed by atoms with Crippen molar-refractivity contribution in [3.05, 3.63) is 0 Å². The van der Waals surface area contributed by atoms with Crippen molar-refractivity contribution in [1.82, 2.24) is 5.32 Å². The lowest BCUT2D eigenvalue weighted by molar-refractivity contribution is -0.148. The first-order valence-corrected chi connectivity index (χ1v) is 4.39. The van der Waals surface area contributed by atoms with Crippen LogP contribution in [0.2, 0.25) is 0 Å². The van der Waals surface area contributed by atoms with Crippen LogP contribution in [0.3, 0.4) is 0 Å². The average molecular weight is 171 g/mol. The molecule has 1 aliphatic heterocycles. The standard InChI is InChI=1S/C9H17NO2/c1-6(2)10-7-5-9(3,4)8(11)12-7/h6-7,10H,5H2,1-4H3/t7-/m1/s1. The van der Waals surface area contributed by atoms with Gasteiger partial charge in [-0.1, -0.05) is 0 Å². The van der Waals surface area contributed by atoms with Crippen molar-refractivity contribution in [2.45, 2.75) is 46.4 Å². The van der Waals surface area contributed by atoms with Gasteiger partial charge in [0.15, 0.2) is 6.23 Å². The molecule has 1 atom stereocenters. The van der Waals surface area contributed by atoms with Gasteiger partial charge in [-0.3, -0.25) is 10.1 Å². The van der Waals surface area contributed by atoms with E-state index in [9.17, 15) is 4.79 Å². The largest absolute Gasteiger partial charge is 0.446 e. The molecule has 0 aromatic carbocycles. The highest BCUT2D eigenvalue weighted by Crippen LogP contribution is 2.31. The van der Waals surface area contributed by atoms with E-state index < -0.39 is 0 Å². The van der Waals surface area contributed by atoms with Crippen LogP contribution in [0.5, 0.6) is 0 Å². The second-order valence-electron chi connectivity index (χ2n) is 4.30. The number of hydrogen-bond donors (Lipinski definition) is 1. The molecule has 0 aromatic rings. The Balaban J connectivity index is 2.50. The van der Waals surface area contributed by atoms with Crippen molar-refractivity contribution in [3.63, 3.8) is 0 Å². The normalized spacial score (nSPS) is 27.8. The third kappa shape index (κ3) is 1.97. The van der Waals surface area contributed by atoms with Gasteiger partial charge in [-0.2, -0.15) is 0 Å². The third-order valence-corrected chi connectivity index (χ3v) is 2.02. The van der Waals surface area contributed by atoms with Gasteiger partial charge in [-0.05, 0) is 27.7 Å². The van der Waals surface area contributed by atoms with Crippen LogP contribution in [0.25, 0.3) is 0 Å². The van der Waals surface area contributed by atoms with Crippen molar-refractivity contribution in [2.24, 2.45) is 5.41 Å². The quantitative estimate of drug-likeness (QED) is 0.636. The van der Waals surface area contributed by atoms with Gasteiger partial charge in [0, 0.05) is 12.5 Å². The van der Waals surface area contributed by atoms with Gasteiger partial charge in [0.25, 0.3) is 0 Å². The molecule has 0 saturated carbocycles. The summed E-state index contributed by atoms with van der Waals surface area (Å²) in [7, 11) is 0. The van der Waals surface area contributed by atoms with E-state index >= 15 is 0 Å². The van der Waals surface area contributed by atoms with Crippen LogP contribution in [0.15, 0.2) is 0 Å². The molecule has 1 fully saturated rings. The Labute approximate surface area is 73.5 Å². The highest BCUT2D eigenvalue weighted by Gasteiger charge is 2.41. The topological polar surface area (TPSA) is 38.3 Å². The van der Waals surface area contributed by atoms with E-state index in [1.54, 1.807) is 0 Å². The predicted molar refractivity (Wildman–Crippen MR) is 46.5 cm³/mol. The maximum absolute atomic E-state index is 11.2. The van der Waals surface area contributed by atoms with E-state index in [-0.39, 0.29) is 17.6 Å². The lowest BCUT2D eigenvalue weighted by Crippen LogP contribution is -2.34. The van der Waals surface area contributed by atoms with Gasteiger partial charge in [0.2, 0.25) is 0 Å². The Bertz CT molecular complexity index is 187. The third-order valence-electron chi connectivity index (χ3n) is 2.02. The number of esters is 1. The number of nitrogens with one attached hydrogen (secondary N) is 1. The molecule has 3 nitrogen and oxygen atoms in total. The summed E-state index contributed by atoms with van der Waals surface area (Å²) in [4.78, 5) is 11.2. The Morgan fingerprint density at radius 3 is 2.50 bits per heavy atom. The molecule has 1 N–H and O–H groups in total. The summed E-state index contributed by atoms with van der Waals surface area (Å²) in [6.45, 7) is 7.91. The molecule has 70 valence electrons. The second kappa shape index (κ2) is 3.05. The fourth-order valence-electron chi connectivity index (χ4n) is 1.34. The van der Waals surface area contributed by atoms with Crippen molar-refractivity contribution >= 4 is 5.97 Å². The van der Waals surface area contributed by atoms with Crippen LogP contribution < -0.4 is 5.32 Å². The van der Waals surface area contributed by atoms with Crippen LogP contribution >= 0.6 is 0 Å². The summed E-state index contributed by atoms with van der Waals surface area (Å²) in [5.74, 6) is -0.0966. The molecule has 0 unspecified atom stereocenters. The van der Waals surface area contributed by atoms with E-state index in [4.69, 9.17) is 4.74 Å². The molecule has 12 heavy (non-hydrogen) atoms. The Morgan fingerprint density at radius 1 is 1.58 bits per heavy atom. The fraction of sp³-hybridized carbons (Fsp3) is 0.889. The van der Waals surface area contributed by atoms with E-state index in [0.717, 1.165) is 6.42 Å². The van der Waals surface area contributed by atoms with Gasteiger partial charge >= 0.3 is 5.97 Å². The molecule has 1 rings (SSSR count). The Kier molecular flexibility index (Phi) is 2.42. The maximum atomic E-state index is 11.2. The van der Waals surface area contributed by atoms with Crippen molar-refractivity contribution in [1.29, 1.82) is 0 Å². The van der Waals surface area contributed by atoms with Crippen molar-refractivity contribution in [2.75, 3.05) is 0 Å². The zero-order valence-corrected chi connectivity index (χ0v) is 8.18. The number of ether oxygens (including phenoxy) is 1. The highest BCUT2D eigenvalue weighted by atomic mass is 16.6. The first-order chi connectivity index (χ1) is 5.42. The lowest BCUT2D eigenvalue weighted by Gasteiger charge is -2.14. The van der Waals surface area contributed by atoms with E-state index in [1.165, 1.54) is 0 Å². The minimum Gasteiger partial charge on any atom is -0.446 e.